The van der Waals surface area contributed by atoms with Gasteiger partial charge < -0.3 is 30.0 Å². The third kappa shape index (κ3) is 4.96. The Balaban J connectivity index is 1.17. The molecule has 2 saturated heterocycles. The Morgan fingerprint density at radius 2 is 1.88 bits per heavy atom. The summed E-state index contributed by atoms with van der Waals surface area (Å²) >= 11 is 0. The van der Waals surface area contributed by atoms with Gasteiger partial charge >= 0.3 is 0 Å². The highest BCUT2D eigenvalue weighted by Crippen LogP contribution is 2.38. The van der Waals surface area contributed by atoms with Gasteiger partial charge in [-0.1, -0.05) is 6.07 Å². The van der Waals surface area contributed by atoms with Gasteiger partial charge in [0.1, 0.15) is 29.3 Å². The summed E-state index contributed by atoms with van der Waals surface area (Å²) in [5.41, 5.74) is 10.6. The molecule has 0 atom stereocenters. The van der Waals surface area contributed by atoms with Crippen LogP contribution in [0.4, 0.5) is 11.5 Å². The molecule has 2 aliphatic heterocycles. The third-order valence-electron chi connectivity index (χ3n) is 8.87. The number of anilines is 2. The highest BCUT2D eigenvalue weighted by molar-refractivity contribution is 6.07. The lowest BCUT2D eigenvalue weighted by Crippen LogP contribution is -2.44. The second-order valence-corrected chi connectivity index (χ2v) is 11.3. The van der Waals surface area contributed by atoms with E-state index in [2.05, 4.69) is 25.2 Å². The third-order valence-corrected chi connectivity index (χ3v) is 8.87. The number of nitrogens with two attached hydrogens (primary N) is 1. The number of ether oxygens (including phenoxy) is 2. The highest BCUT2D eigenvalue weighted by atomic mass is 16.5. The van der Waals surface area contributed by atoms with Gasteiger partial charge in [0.15, 0.2) is 5.65 Å². The van der Waals surface area contributed by atoms with E-state index in [1.54, 1.807) is 19.5 Å². The molecule has 4 aromatic heterocycles. The predicted molar refractivity (Wildman–Crippen MR) is 164 cm³/mol. The molecule has 222 valence electrons. The molecular weight excluding hydrogens is 546 g/mol. The van der Waals surface area contributed by atoms with Crippen molar-refractivity contribution in [2.45, 2.75) is 37.8 Å². The number of methoxy groups -OCH3 is 1. The van der Waals surface area contributed by atoms with Crippen molar-refractivity contribution in [3.8, 4) is 17.0 Å². The van der Waals surface area contributed by atoms with E-state index in [1.165, 1.54) is 6.33 Å². The zero-order valence-electron chi connectivity index (χ0n) is 24.4. The van der Waals surface area contributed by atoms with E-state index < -0.39 is 0 Å². The summed E-state index contributed by atoms with van der Waals surface area (Å²) in [4.78, 5) is 28.9. The second kappa shape index (κ2) is 11.3. The molecule has 43 heavy (non-hydrogen) atoms. The quantitative estimate of drug-likeness (QED) is 0.304. The van der Waals surface area contributed by atoms with E-state index in [9.17, 15) is 4.79 Å². The number of pyridine rings is 1. The Labute approximate surface area is 248 Å². The van der Waals surface area contributed by atoms with Crippen LogP contribution in [0.1, 0.15) is 42.2 Å². The molecule has 12 heteroatoms. The molecule has 1 amide bonds. The van der Waals surface area contributed by atoms with Crippen molar-refractivity contribution < 1.29 is 14.3 Å². The number of amides is 1. The van der Waals surface area contributed by atoms with Crippen LogP contribution in [0, 0.1) is 0 Å². The van der Waals surface area contributed by atoms with Gasteiger partial charge in [0.2, 0.25) is 0 Å². The number of hydrogen-bond donors (Lipinski definition) is 2. The van der Waals surface area contributed by atoms with E-state index in [4.69, 9.17) is 20.3 Å². The van der Waals surface area contributed by atoms with Crippen molar-refractivity contribution >= 4 is 39.3 Å². The number of rotatable bonds is 6. The van der Waals surface area contributed by atoms with Crippen LogP contribution in [0.3, 0.4) is 0 Å². The number of fused-ring (bicyclic) bond motifs is 2. The topological polar surface area (TPSA) is 138 Å². The summed E-state index contributed by atoms with van der Waals surface area (Å²) in [5, 5.41) is 9.69. The minimum Gasteiger partial charge on any atom is -0.495 e. The molecule has 2 fully saturated rings. The highest BCUT2D eigenvalue weighted by Gasteiger charge is 2.30. The summed E-state index contributed by atoms with van der Waals surface area (Å²) in [6.45, 7) is 3.73. The molecule has 3 N–H and O–H groups in total. The number of nitrogens with one attached hydrogen (secondary N) is 1. The number of hydrogen-bond acceptors (Lipinski definition) is 9. The van der Waals surface area contributed by atoms with E-state index in [-0.39, 0.29) is 11.9 Å². The number of aromatic nitrogens is 6. The Morgan fingerprint density at radius 3 is 2.65 bits per heavy atom. The van der Waals surface area contributed by atoms with E-state index in [0.29, 0.717) is 34.7 Å². The number of nitrogen functional groups attached to an aromatic ring is 1. The van der Waals surface area contributed by atoms with Gasteiger partial charge in [0.05, 0.1) is 29.7 Å². The van der Waals surface area contributed by atoms with Crippen LogP contribution in [0.25, 0.3) is 33.2 Å². The van der Waals surface area contributed by atoms with Gasteiger partial charge in [-0.2, -0.15) is 5.10 Å². The van der Waals surface area contributed by atoms with E-state index in [0.717, 1.165) is 79.5 Å². The minimum atomic E-state index is -0.246. The summed E-state index contributed by atoms with van der Waals surface area (Å²) in [6, 6.07) is 10.1. The summed E-state index contributed by atoms with van der Waals surface area (Å²) in [7, 11) is 3.44. The van der Waals surface area contributed by atoms with Crippen LogP contribution in [0.2, 0.25) is 0 Å². The average molecular weight is 582 g/mol. The van der Waals surface area contributed by atoms with Crippen molar-refractivity contribution in [1.29, 1.82) is 0 Å². The fraction of sp³-hybridized carbons (Fsp3) is 0.387. The molecule has 0 aliphatic carbocycles. The zero-order valence-corrected chi connectivity index (χ0v) is 24.4. The first-order chi connectivity index (χ1) is 21.0. The number of carbonyl (C=O) groups is 1. The molecule has 0 radical (unpaired) electrons. The molecule has 5 aromatic rings. The predicted octanol–water partition coefficient (Wildman–Crippen LogP) is 4.04. The summed E-state index contributed by atoms with van der Waals surface area (Å²) in [6.07, 6.45) is 9.12. The molecule has 0 spiro atoms. The normalized spacial score (nSPS) is 17.1. The molecule has 12 nitrogen and oxygen atoms in total. The van der Waals surface area contributed by atoms with Gasteiger partial charge in [-0.15, -0.1) is 0 Å². The number of aryl methyl sites for hydroxylation is 1. The maximum absolute atomic E-state index is 13.3. The lowest BCUT2D eigenvalue weighted by Gasteiger charge is -2.39. The minimum absolute atomic E-state index is 0.207. The number of benzene rings is 1. The van der Waals surface area contributed by atoms with Crippen LogP contribution < -0.4 is 15.8 Å². The summed E-state index contributed by atoms with van der Waals surface area (Å²) in [5.74, 6) is 0.644. The molecule has 7 rings (SSSR count). The zero-order chi connectivity index (χ0) is 29.5. The molecule has 0 saturated carbocycles. The number of likely N-dealkylation sites (tertiary alicyclic amines) is 1. The first kappa shape index (κ1) is 27.3. The largest absolute Gasteiger partial charge is 0.495 e. The van der Waals surface area contributed by atoms with Crippen LogP contribution in [-0.2, 0) is 11.8 Å². The second-order valence-electron chi connectivity index (χ2n) is 11.3. The number of piperidine rings is 1. The molecule has 0 bridgehead atoms. The first-order valence-corrected chi connectivity index (χ1v) is 14.7. The smallest absolute Gasteiger partial charge is 0.272 e. The van der Waals surface area contributed by atoms with Gasteiger partial charge in [0.25, 0.3) is 5.91 Å². The van der Waals surface area contributed by atoms with Gasteiger partial charge in [-0.25, -0.2) is 14.6 Å². The fourth-order valence-electron chi connectivity index (χ4n) is 6.53. The fourth-order valence-corrected chi connectivity index (χ4v) is 6.53. The van der Waals surface area contributed by atoms with Gasteiger partial charge in [0, 0.05) is 62.7 Å². The maximum atomic E-state index is 13.3. The SMILES string of the molecule is COc1cc(-c2nn(C3CCN(C4CCOCC4)CC3)c3ncnc(N)c23)ccc1NC(=O)c1cc2cnccc2n1C. The van der Waals surface area contributed by atoms with E-state index >= 15 is 0 Å². The average Bonchev–Trinajstić information content (AvgIpc) is 3.61. The molecule has 2 aliphatic rings. The van der Waals surface area contributed by atoms with E-state index in [1.807, 2.05) is 46.6 Å². The van der Waals surface area contributed by atoms with Gasteiger partial charge in [-0.3, -0.25) is 9.78 Å². The first-order valence-electron chi connectivity index (χ1n) is 14.7. The monoisotopic (exact) mass is 581 g/mol. The van der Waals surface area contributed by atoms with Gasteiger partial charge in [-0.05, 0) is 49.9 Å². The van der Waals surface area contributed by atoms with Crippen LogP contribution in [0.5, 0.6) is 5.75 Å². The molecular formula is C31H35N9O3. The Morgan fingerprint density at radius 1 is 1.07 bits per heavy atom. The van der Waals surface area contributed by atoms with Crippen molar-refractivity contribution in [1.82, 2.24) is 34.2 Å². The lowest BCUT2D eigenvalue weighted by atomic mass is 10.00. The number of nitrogens with zero attached hydrogens (tertiary/aromatic N) is 7. The van der Waals surface area contributed by atoms with Crippen LogP contribution >= 0.6 is 0 Å². The Kier molecular flexibility index (Phi) is 7.15. The lowest BCUT2D eigenvalue weighted by molar-refractivity contribution is 0.0215. The standard InChI is InChI=1S/C31H35N9O3/c1-38-24-5-10-33-17-20(24)15-25(38)31(41)36-23-4-3-19(16-26(23)42-2)28-27-29(32)34-18-35-30(27)40(37-28)22-6-11-39(12-7-22)21-8-13-43-14-9-21/h3-5,10,15-18,21-22H,6-9,11-14H2,1-2H3,(H,36,41)(H2,32,34,35). The van der Waals surface area contributed by atoms with Crippen LogP contribution in [-0.4, -0.2) is 79.6 Å². The Hall–Kier alpha value is -4.55. The molecule has 0 unspecified atom stereocenters. The Bertz CT molecular complexity index is 1800. The maximum Gasteiger partial charge on any atom is 0.272 e. The van der Waals surface area contributed by atoms with Crippen molar-refractivity contribution in [3.63, 3.8) is 0 Å². The number of carbonyl (C=O) groups excluding carboxylic acids is 1. The molecule has 1 aromatic carbocycles. The van der Waals surface area contributed by atoms with Crippen molar-refractivity contribution in [3.05, 3.63) is 54.7 Å². The van der Waals surface area contributed by atoms with Crippen molar-refractivity contribution in [2.75, 3.05) is 44.5 Å². The summed E-state index contributed by atoms with van der Waals surface area (Å²) < 4.78 is 15.2. The van der Waals surface area contributed by atoms with Crippen LogP contribution in [0.15, 0.2) is 49.1 Å². The molecule has 6 heterocycles. The van der Waals surface area contributed by atoms with Crippen molar-refractivity contribution in [2.24, 2.45) is 7.05 Å².